The van der Waals surface area contributed by atoms with Gasteiger partial charge in [-0.25, -0.2) is 0 Å². The molecule has 1 heterocycles. The van der Waals surface area contributed by atoms with Gasteiger partial charge in [0.2, 0.25) is 0 Å². The lowest BCUT2D eigenvalue weighted by atomic mass is 10.1. The van der Waals surface area contributed by atoms with E-state index in [0.717, 1.165) is 22.2 Å². The minimum Gasteiger partial charge on any atom is -0.293 e. The van der Waals surface area contributed by atoms with Crippen LogP contribution in [0.3, 0.4) is 0 Å². The van der Waals surface area contributed by atoms with Crippen molar-refractivity contribution in [3.05, 3.63) is 34.9 Å². The second-order valence-corrected chi connectivity index (χ2v) is 14.4. The van der Waals surface area contributed by atoms with Gasteiger partial charge in [-0.3, -0.25) is 5.32 Å². The van der Waals surface area contributed by atoms with Gasteiger partial charge in [-0.2, -0.15) is 0 Å². The molecule has 1 fully saturated rings. The van der Waals surface area contributed by atoms with E-state index in [4.69, 9.17) is 23.8 Å². The molecule has 0 spiro atoms. The van der Waals surface area contributed by atoms with E-state index in [2.05, 4.69) is 24.4 Å². The van der Waals surface area contributed by atoms with Crippen LogP contribution in [0.2, 0.25) is 5.02 Å². The number of thiocarbonyl (C=S) groups is 1. The lowest BCUT2D eigenvalue weighted by Crippen LogP contribution is -2.44. The number of nitrogens with one attached hydrogen (secondary N) is 1. The third-order valence-corrected chi connectivity index (χ3v) is 14.9. The molecule has 1 aromatic carbocycles. The predicted octanol–water partition coefficient (Wildman–Crippen LogP) is 6.81. The van der Waals surface area contributed by atoms with Gasteiger partial charge in [0.25, 0.3) is 0 Å². The highest BCUT2D eigenvalue weighted by atomic mass is 35.5. The first-order valence-corrected chi connectivity index (χ1v) is 14.0. The van der Waals surface area contributed by atoms with E-state index < -0.39 is 0 Å². The second kappa shape index (κ2) is 9.08. The summed E-state index contributed by atoms with van der Waals surface area (Å²) in [6.45, 7) is 3.10. The van der Waals surface area contributed by atoms with Gasteiger partial charge in [-0.15, -0.1) is 0 Å². The van der Waals surface area contributed by atoms with Crippen molar-refractivity contribution >= 4 is 88.9 Å². The summed E-state index contributed by atoms with van der Waals surface area (Å²) in [5, 5.41) is 4.39. The van der Waals surface area contributed by atoms with Crippen LogP contribution in [0.25, 0.3) is 0 Å². The molecule has 0 aliphatic carbocycles. The number of rotatable bonds is 4. The van der Waals surface area contributed by atoms with Gasteiger partial charge in [0, 0.05) is 5.02 Å². The van der Waals surface area contributed by atoms with Gasteiger partial charge in [0.05, 0.1) is 4.20 Å². The molecule has 1 aliphatic rings. The summed E-state index contributed by atoms with van der Waals surface area (Å²) in [5.41, 5.74) is 1.17. The summed E-state index contributed by atoms with van der Waals surface area (Å²) >= 11 is 11.7. The fraction of sp³-hybridized carbons (Fsp3) is 0.364. The summed E-state index contributed by atoms with van der Waals surface area (Å²) in [6, 6.07) is 7.99. The highest BCUT2D eigenvalue weighted by Gasteiger charge is 2.39. The van der Waals surface area contributed by atoms with Gasteiger partial charge in [-0.1, -0.05) is 42.9 Å². The Balaban J connectivity index is 2.35. The van der Waals surface area contributed by atoms with E-state index in [1.54, 1.807) is 60.9 Å². The maximum absolute atomic E-state index is 6.01. The Hall–Kier alpha value is 1.66. The molecule has 1 aromatic rings. The molecule has 0 amide bonds. The molecule has 0 bridgehead atoms. The first-order chi connectivity index (χ1) is 9.69. The van der Waals surface area contributed by atoms with E-state index >= 15 is 0 Å². The average molecular weight is 418 g/mol. The van der Waals surface area contributed by atoms with Gasteiger partial charge < -0.3 is 0 Å². The van der Waals surface area contributed by atoms with Crippen LogP contribution in [0.4, 0.5) is 0 Å². The van der Waals surface area contributed by atoms with Crippen LogP contribution >= 0.6 is 84.7 Å². The Morgan fingerprint density at radius 1 is 1.15 bits per heavy atom. The summed E-state index contributed by atoms with van der Waals surface area (Å²) in [6.07, 6.45) is 1.07. The summed E-state index contributed by atoms with van der Waals surface area (Å²) in [4.78, 5) is -0.341. The van der Waals surface area contributed by atoms with Crippen LogP contribution in [0, 0.1) is 0 Å². The zero-order valence-corrected chi connectivity index (χ0v) is 16.9. The van der Waals surface area contributed by atoms with Crippen molar-refractivity contribution in [2.75, 3.05) is 6.54 Å². The summed E-state index contributed by atoms with van der Waals surface area (Å²) in [7, 11) is 10.5. The molecule has 110 valence electrons. The largest absolute Gasteiger partial charge is 0.293 e. The van der Waals surface area contributed by atoms with E-state index in [1.807, 2.05) is 12.1 Å². The van der Waals surface area contributed by atoms with Crippen LogP contribution in [-0.4, -0.2) is 10.7 Å². The zero-order valence-electron chi connectivity index (χ0n) is 10.5. The molecule has 9 heteroatoms. The smallest absolute Gasteiger partial charge is 0.144 e. The molecule has 1 N–H and O–H groups in total. The number of hydrogen-bond acceptors (Lipinski definition) is 8. The molecular formula is C11H12ClNS7. The number of hydrogen-bond donors (Lipinski definition) is 1. The molecule has 0 radical (unpaired) electrons. The zero-order chi connectivity index (χ0) is 14.4. The van der Waals surface area contributed by atoms with Crippen molar-refractivity contribution in [1.82, 2.24) is 5.32 Å². The Labute approximate surface area is 152 Å². The summed E-state index contributed by atoms with van der Waals surface area (Å²) in [5.74, 6) is 0. The molecule has 1 aliphatic heterocycles. The fourth-order valence-corrected chi connectivity index (χ4v) is 15.2. The van der Waals surface area contributed by atoms with Gasteiger partial charge >= 0.3 is 0 Å². The van der Waals surface area contributed by atoms with Gasteiger partial charge in [-0.05, 0) is 91.6 Å². The van der Waals surface area contributed by atoms with Crippen LogP contribution in [0.1, 0.15) is 18.9 Å². The molecule has 1 nitrogen and oxygen atoms in total. The number of benzene rings is 1. The fourth-order valence-electron chi connectivity index (χ4n) is 1.58. The predicted molar refractivity (Wildman–Crippen MR) is 110 cm³/mol. The highest BCUT2D eigenvalue weighted by molar-refractivity contribution is 9.43. The first-order valence-electron chi connectivity index (χ1n) is 5.77. The molecule has 1 saturated heterocycles. The SMILES string of the molecule is CCCNC1(c2ccc(Cl)cc2)SSSSSSC1=S. The van der Waals surface area contributed by atoms with Crippen LogP contribution in [-0.2, 0) is 4.87 Å². The van der Waals surface area contributed by atoms with E-state index in [0.29, 0.717) is 0 Å². The van der Waals surface area contributed by atoms with Gasteiger partial charge in [0.15, 0.2) is 0 Å². The summed E-state index contributed by atoms with van der Waals surface area (Å²) < 4.78 is 0.962. The maximum atomic E-state index is 6.01. The Morgan fingerprint density at radius 2 is 1.85 bits per heavy atom. The molecule has 1 atom stereocenters. The lowest BCUT2D eigenvalue weighted by Gasteiger charge is -2.35. The Kier molecular flexibility index (Phi) is 8.17. The molecule has 1 unspecified atom stereocenters. The molecule has 0 saturated carbocycles. The standard InChI is InChI=1S/C11H12ClNS7/c1-2-7-13-11(8-3-5-9(12)6-4-8)10(14)15-17-19-20-18-16-11/h3-6,13H,2,7H2,1H3. The third kappa shape index (κ3) is 4.58. The average Bonchev–Trinajstić information content (AvgIpc) is 2.44. The van der Waals surface area contributed by atoms with Crippen molar-refractivity contribution in [1.29, 1.82) is 0 Å². The Bertz CT molecular complexity index is 451. The molecule has 2 rings (SSSR count). The van der Waals surface area contributed by atoms with Crippen molar-refractivity contribution < 1.29 is 0 Å². The first kappa shape index (κ1) is 18.0. The van der Waals surface area contributed by atoms with Crippen molar-refractivity contribution in [2.24, 2.45) is 0 Å². The monoisotopic (exact) mass is 417 g/mol. The minimum absolute atomic E-state index is 0.341. The highest BCUT2D eigenvalue weighted by Crippen LogP contribution is 2.62. The molecule has 20 heavy (non-hydrogen) atoms. The molecular weight excluding hydrogens is 406 g/mol. The number of halogens is 1. The molecule has 0 aromatic heterocycles. The van der Waals surface area contributed by atoms with Crippen molar-refractivity contribution in [3.8, 4) is 0 Å². The van der Waals surface area contributed by atoms with Crippen LogP contribution in [0.5, 0.6) is 0 Å². The van der Waals surface area contributed by atoms with Crippen molar-refractivity contribution in [3.63, 3.8) is 0 Å². The van der Waals surface area contributed by atoms with Crippen LogP contribution < -0.4 is 5.32 Å². The van der Waals surface area contributed by atoms with Gasteiger partial charge in [0.1, 0.15) is 4.87 Å². The van der Waals surface area contributed by atoms with Crippen molar-refractivity contribution in [2.45, 2.75) is 18.2 Å². The Morgan fingerprint density at radius 3 is 2.55 bits per heavy atom. The second-order valence-electron chi connectivity index (χ2n) is 3.84. The van der Waals surface area contributed by atoms with E-state index in [9.17, 15) is 0 Å². The minimum atomic E-state index is -0.341. The third-order valence-electron chi connectivity index (χ3n) is 2.51. The topological polar surface area (TPSA) is 12.0 Å². The normalized spacial score (nSPS) is 24.2. The lowest BCUT2D eigenvalue weighted by molar-refractivity contribution is 0.607. The van der Waals surface area contributed by atoms with E-state index in [-0.39, 0.29) is 4.87 Å². The van der Waals surface area contributed by atoms with Crippen LogP contribution in [0.15, 0.2) is 24.3 Å². The quantitative estimate of drug-likeness (QED) is 0.418. The van der Waals surface area contributed by atoms with E-state index in [1.165, 1.54) is 5.56 Å². The maximum Gasteiger partial charge on any atom is 0.144 e.